The topological polar surface area (TPSA) is 73.0 Å². The van der Waals surface area contributed by atoms with Crippen molar-refractivity contribution in [3.05, 3.63) is 66.0 Å². The zero-order chi connectivity index (χ0) is 27.0. The summed E-state index contributed by atoms with van der Waals surface area (Å²) in [6.07, 6.45) is 7.19. The molecule has 0 bridgehead atoms. The molecule has 2 aromatic carbocycles. The van der Waals surface area contributed by atoms with E-state index in [0.717, 1.165) is 24.1 Å². The molecule has 0 aliphatic carbocycles. The van der Waals surface area contributed by atoms with Crippen LogP contribution < -0.4 is 10.2 Å². The lowest BCUT2D eigenvalue weighted by Gasteiger charge is -2.43. The first-order chi connectivity index (χ1) is 18.4. The maximum atomic E-state index is 13.8. The highest BCUT2D eigenvalue weighted by molar-refractivity contribution is 5.96. The standard InChI is InChI=1S/C30H39FN4O3/c1-2-3-4-5-9-12-28(37)33-19-17-30(18-20-33)29(38)34(23-35(30)26-10-7-6-8-11-26)22-27(36)32-21-24-13-15-25(31)16-14-24/h6-8,10-11,13-16H,2-5,9,12,17-23H2,1H3,(H,32,36). The molecule has 0 aromatic heterocycles. The lowest BCUT2D eigenvalue weighted by molar-refractivity contribution is -0.140. The number of nitrogens with zero attached hydrogens (tertiary/aromatic N) is 3. The minimum atomic E-state index is -0.767. The second-order valence-electron chi connectivity index (χ2n) is 10.4. The molecule has 1 spiro atoms. The Hall–Kier alpha value is -3.42. The number of para-hydroxylation sites is 1. The van der Waals surface area contributed by atoms with Crippen molar-refractivity contribution in [3.63, 3.8) is 0 Å². The van der Waals surface area contributed by atoms with Crippen LogP contribution in [0, 0.1) is 5.82 Å². The van der Waals surface area contributed by atoms with E-state index in [4.69, 9.17) is 0 Å². The molecule has 8 heteroatoms. The summed E-state index contributed by atoms with van der Waals surface area (Å²) in [6.45, 7) is 3.79. The third-order valence-electron chi connectivity index (χ3n) is 7.76. The summed E-state index contributed by atoms with van der Waals surface area (Å²) in [5.41, 5.74) is 0.958. The predicted molar refractivity (Wildman–Crippen MR) is 146 cm³/mol. The van der Waals surface area contributed by atoms with Crippen LogP contribution in [0.3, 0.4) is 0 Å². The van der Waals surface area contributed by atoms with Gasteiger partial charge in [0.05, 0.1) is 6.67 Å². The van der Waals surface area contributed by atoms with Crippen LogP contribution in [0.25, 0.3) is 0 Å². The quantitative estimate of drug-likeness (QED) is 0.442. The van der Waals surface area contributed by atoms with Gasteiger partial charge in [-0.1, -0.05) is 62.9 Å². The third kappa shape index (κ3) is 6.52. The fraction of sp³-hybridized carbons (Fsp3) is 0.500. The molecule has 2 aliphatic heterocycles. The van der Waals surface area contributed by atoms with Crippen molar-refractivity contribution in [2.24, 2.45) is 0 Å². The van der Waals surface area contributed by atoms with Gasteiger partial charge in [-0.05, 0) is 49.1 Å². The first-order valence-corrected chi connectivity index (χ1v) is 13.8. The van der Waals surface area contributed by atoms with E-state index >= 15 is 0 Å². The van der Waals surface area contributed by atoms with Crippen LogP contribution in [0.5, 0.6) is 0 Å². The van der Waals surface area contributed by atoms with Crippen molar-refractivity contribution < 1.29 is 18.8 Å². The number of likely N-dealkylation sites (tertiary alicyclic amines) is 1. The minimum Gasteiger partial charge on any atom is -0.350 e. The van der Waals surface area contributed by atoms with Gasteiger partial charge in [-0.2, -0.15) is 0 Å². The predicted octanol–water partition coefficient (Wildman–Crippen LogP) is 4.47. The number of amides is 3. The molecule has 4 rings (SSSR count). The molecule has 2 aromatic rings. The van der Waals surface area contributed by atoms with Gasteiger partial charge in [-0.3, -0.25) is 14.4 Å². The monoisotopic (exact) mass is 522 g/mol. The van der Waals surface area contributed by atoms with Crippen molar-refractivity contribution in [2.45, 2.75) is 70.4 Å². The lowest BCUT2D eigenvalue weighted by Crippen LogP contribution is -2.57. The van der Waals surface area contributed by atoms with Gasteiger partial charge in [0.2, 0.25) is 11.8 Å². The van der Waals surface area contributed by atoms with Gasteiger partial charge < -0.3 is 20.0 Å². The Morgan fingerprint density at radius 1 is 0.947 bits per heavy atom. The molecular formula is C30H39FN4O3. The summed E-state index contributed by atoms with van der Waals surface area (Å²) in [7, 11) is 0. The van der Waals surface area contributed by atoms with Gasteiger partial charge in [-0.25, -0.2) is 4.39 Å². The molecule has 0 radical (unpaired) electrons. The molecule has 0 unspecified atom stereocenters. The summed E-state index contributed by atoms with van der Waals surface area (Å²) in [6, 6.07) is 15.8. The van der Waals surface area contributed by atoms with E-state index < -0.39 is 5.54 Å². The van der Waals surface area contributed by atoms with Crippen LogP contribution in [0.4, 0.5) is 10.1 Å². The Morgan fingerprint density at radius 3 is 2.32 bits per heavy atom. The molecule has 38 heavy (non-hydrogen) atoms. The molecular weight excluding hydrogens is 483 g/mol. The Kier molecular flexibility index (Phi) is 9.37. The van der Waals surface area contributed by atoms with Crippen LogP contribution in [0.15, 0.2) is 54.6 Å². The van der Waals surface area contributed by atoms with Crippen LogP contribution in [0.2, 0.25) is 0 Å². The summed E-state index contributed by atoms with van der Waals surface area (Å²) < 4.78 is 13.2. The molecule has 0 atom stereocenters. The van der Waals surface area contributed by atoms with Crippen molar-refractivity contribution in [1.82, 2.24) is 15.1 Å². The normalized spacial score (nSPS) is 16.8. The molecule has 1 N–H and O–H groups in total. The SMILES string of the molecule is CCCCCCCC(=O)N1CCC2(CC1)C(=O)N(CC(=O)NCc1ccc(F)cc1)CN2c1ccccc1. The first-order valence-electron chi connectivity index (χ1n) is 13.8. The number of hydrogen-bond donors (Lipinski definition) is 1. The maximum Gasteiger partial charge on any atom is 0.250 e. The average Bonchev–Trinajstić information content (AvgIpc) is 3.19. The van der Waals surface area contributed by atoms with Crippen LogP contribution in [-0.4, -0.2) is 59.4 Å². The number of anilines is 1. The second kappa shape index (κ2) is 12.9. The number of carbonyl (C=O) groups is 3. The van der Waals surface area contributed by atoms with Gasteiger partial charge in [0.15, 0.2) is 0 Å². The van der Waals surface area contributed by atoms with E-state index in [2.05, 4.69) is 17.1 Å². The molecule has 2 aliphatic rings. The zero-order valence-electron chi connectivity index (χ0n) is 22.3. The van der Waals surface area contributed by atoms with E-state index in [-0.39, 0.29) is 36.6 Å². The molecule has 2 heterocycles. The lowest BCUT2D eigenvalue weighted by atomic mass is 9.85. The number of halogens is 1. The van der Waals surface area contributed by atoms with Crippen molar-refractivity contribution in [3.8, 4) is 0 Å². The van der Waals surface area contributed by atoms with E-state index in [1.807, 2.05) is 35.2 Å². The Morgan fingerprint density at radius 2 is 1.63 bits per heavy atom. The highest BCUT2D eigenvalue weighted by Crippen LogP contribution is 2.39. The van der Waals surface area contributed by atoms with E-state index in [1.165, 1.54) is 31.4 Å². The summed E-state index contributed by atoms with van der Waals surface area (Å²) in [5, 5.41) is 2.84. The summed E-state index contributed by atoms with van der Waals surface area (Å²) >= 11 is 0. The number of piperidine rings is 1. The van der Waals surface area contributed by atoms with Gasteiger partial charge in [-0.15, -0.1) is 0 Å². The summed E-state index contributed by atoms with van der Waals surface area (Å²) in [5.74, 6) is -0.479. The largest absolute Gasteiger partial charge is 0.350 e. The smallest absolute Gasteiger partial charge is 0.250 e. The number of rotatable bonds is 11. The number of unbranched alkanes of at least 4 members (excludes halogenated alkanes) is 4. The van der Waals surface area contributed by atoms with Crippen molar-refractivity contribution >= 4 is 23.4 Å². The zero-order valence-corrected chi connectivity index (χ0v) is 22.3. The van der Waals surface area contributed by atoms with Gasteiger partial charge in [0.25, 0.3) is 5.91 Å². The summed E-state index contributed by atoms with van der Waals surface area (Å²) in [4.78, 5) is 45.0. The molecule has 7 nitrogen and oxygen atoms in total. The van der Waals surface area contributed by atoms with Crippen molar-refractivity contribution in [1.29, 1.82) is 0 Å². The first kappa shape index (κ1) is 27.6. The Balaban J connectivity index is 1.39. The Bertz CT molecular complexity index is 1080. The maximum absolute atomic E-state index is 13.8. The van der Waals surface area contributed by atoms with Crippen LogP contribution in [-0.2, 0) is 20.9 Å². The minimum absolute atomic E-state index is 0.0501. The molecule has 204 valence electrons. The highest BCUT2D eigenvalue weighted by Gasteiger charge is 2.54. The van der Waals surface area contributed by atoms with E-state index in [9.17, 15) is 18.8 Å². The molecule has 3 amide bonds. The van der Waals surface area contributed by atoms with Gasteiger partial charge in [0, 0.05) is 31.7 Å². The number of benzene rings is 2. The van der Waals surface area contributed by atoms with Crippen molar-refractivity contribution in [2.75, 3.05) is 31.2 Å². The van der Waals surface area contributed by atoms with Crippen LogP contribution in [0.1, 0.15) is 63.9 Å². The fourth-order valence-corrected chi connectivity index (χ4v) is 5.52. The number of nitrogens with one attached hydrogen (secondary N) is 1. The highest BCUT2D eigenvalue weighted by atomic mass is 19.1. The Labute approximate surface area is 225 Å². The van der Waals surface area contributed by atoms with Gasteiger partial charge in [0.1, 0.15) is 17.9 Å². The average molecular weight is 523 g/mol. The van der Waals surface area contributed by atoms with E-state index in [1.54, 1.807) is 17.0 Å². The molecule has 0 saturated carbocycles. The number of carbonyl (C=O) groups excluding carboxylic acids is 3. The fourth-order valence-electron chi connectivity index (χ4n) is 5.52. The number of hydrogen-bond acceptors (Lipinski definition) is 4. The van der Waals surface area contributed by atoms with Gasteiger partial charge >= 0.3 is 0 Å². The third-order valence-corrected chi connectivity index (χ3v) is 7.76. The van der Waals surface area contributed by atoms with E-state index in [0.29, 0.717) is 39.0 Å². The molecule has 2 saturated heterocycles. The second-order valence-corrected chi connectivity index (χ2v) is 10.4. The molecule has 2 fully saturated rings. The van der Waals surface area contributed by atoms with Crippen LogP contribution >= 0.6 is 0 Å².